The summed E-state index contributed by atoms with van der Waals surface area (Å²) < 4.78 is 1.48. The van der Waals surface area contributed by atoms with Crippen LogP contribution < -0.4 is 5.32 Å². The third-order valence-electron chi connectivity index (χ3n) is 2.93. The van der Waals surface area contributed by atoms with Crippen molar-refractivity contribution in [3.63, 3.8) is 0 Å². The third-order valence-corrected chi connectivity index (χ3v) is 2.93. The maximum atomic E-state index is 12.1. The Kier molecular flexibility index (Phi) is 3.92. The molecule has 20 heavy (non-hydrogen) atoms. The summed E-state index contributed by atoms with van der Waals surface area (Å²) in [7, 11) is 0. The summed E-state index contributed by atoms with van der Waals surface area (Å²) in [6, 6.07) is 0. The molecule has 0 saturated carbocycles. The summed E-state index contributed by atoms with van der Waals surface area (Å²) in [5.74, 6) is -0.892. The van der Waals surface area contributed by atoms with Crippen molar-refractivity contribution < 1.29 is 14.7 Å². The minimum Gasteiger partial charge on any atom is -0.481 e. The minimum atomic E-state index is -0.881. The number of carboxylic acids is 1. The molecule has 0 saturated heterocycles. The normalized spacial score (nSPS) is 12.3. The number of amides is 1. The molecule has 0 spiro atoms. The lowest BCUT2D eigenvalue weighted by molar-refractivity contribution is -0.137. The first-order valence-electron chi connectivity index (χ1n) is 6.14. The molecule has 2 heterocycles. The summed E-state index contributed by atoms with van der Waals surface area (Å²) in [5.41, 5.74) is 1.03. The van der Waals surface area contributed by atoms with Crippen LogP contribution in [0.5, 0.6) is 0 Å². The predicted octanol–water partition coefficient (Wildman–Crippen LogP) is 0.273. The first kappa shape index (κ1) is 13.9. The number of carboxylic acid groups (broad SMARTS) is 1. The van der Waals surface area contributed by atoms with Gasteiger partial charge < -0.3 is 10.4 Å². The van der Waals surface area contributed by atoms with Gasteiger partial charge in [0.2, 0.25) is 0 Å². The van der Waals surface area contributed by atoms with Gasteiger partial charge in [-0.2, -0.15) is 10.1 Å². The quantitative estimate of drug-likeness (QED) is 0.812. The fraction of sp³-hybridized carbons (Fsp3) is 0.417. The lowest BCUT2D eigenvalue weighted by Gasteiger charge is -2.11. The Balaban J connectivity index is 2.07. The number of hydrogen-bond donors (Lipinski definition) is 2. The van der Waals surface area contributed by atoms with E-state index in [1.165, 1.54) is 17.0 Å². The van der Waals surface area contributed by atoms with E-state index in [9.17, 15) is 9.59 Å². The van der Waals surface area contributed by atoms with Crippen LogP contribution in [0, 0.1) is 12.8 Å². The average molecular weight is 277 g/mol. The van der Waals surface area contributed by atoms with Crippen LogP contribution in [-0.4, -0.2) is 43.1 Å². The number of nitrogens with zero attached hydrogens (tertiary/aromatic N) is 4. The molecule has 0 fully saturated rings. The van der Waals surface area contributed by atoms with E-state index in [2.05, 4.69) is 20.4 Å². The molecule has 2 aromatic rings. The molecule has 0 radical (unpaired) electrons. The van der Waals surface area contributed by atoms with E-state index in [-0.39, 0.29) is 18.2 Å². The van der Waals surface area contributed by atoms with Crippen molar-refractivity contribution in [2.45, 2.75) is 20.3 Å². The second-order valence-electron chi connectivity index (χ2n) is 4.64. The molecule has 2 rings (SSSR count). The molecule has 8 nitrogen and oxygen atoms in total. The van der Waals surface area contributed by atoms with Crippen molar-refractivity contribution in [3.8, 4) is 0 Å². The van der Waals surface area contributed by atoms with Crippen molar-refractivity contribution in [2.75, 3.05) is 6.54 Å². The highest BCUT2D eigenvalue weighted by molar-refractivity contribution is 5.95. The van der Waals surface area contributed by atoms with Crippen molar-refractivity contribution in [3.05, 3.63) is 23.8 Å². The Morgan fingerprint density at radius 1 is 1.45 bits per heavy atom. The molecule has 0 aliphatic heterocycles. The monoisotopic (exact) mass is 277 g/mol. The second-order valence-corrected chi connectivity index (χ2v) is 4.64. The Labute approximate surface area is 114 Å². The largest absolute Gasteiger partial charge is 0.481 e. The number of nitrogens with one attached hydrogen (secondary N) is 1. The Bertz CT molecular complexity index is 652. The molecular formula is C12H15N5O3. The number of carbonyl (C=O) groups excluding carboxylic acids is 1. The van der Waals surface area contributed by atoms with Gasteiger partial charge in [0, 0.05) is 19.2 Å². The third kappa shape index (κ3) is 2.90. The molecule has 2 aromatic heterocycles. The molecule has 2 N–H and O–H groups in total. The summed E-state index contributed by atoms with van der Waals surface area (Å²) in [6.45, 7) is 3.80. The lowest BCUT2D eigenvalue weighted by atomic mass is 10.1. The number of aromatic nitrogens is 4. The number of carbonyl (C=O) groups is 2. The van der Waals surface area contributed by atoms with Gasteiger partial charge in [-0.1, -0.05) is 6.92 Å². The molecule has 0 aromatic carbocycles. The Morgan fingerprint density at radius 3 is 2.90 bits per heavy atom. The highest BCUT2D eigenvalue weighted by Gasteiger charge is 2.15. The molecular weight excluding hydrogens is 262 g/mol. The maximum Gasteiger partial charge on any atom is 0.303 e. The van der Waals surface area contributed by atoms with Crippen LogP contribution in [0.1, 0.15) is 29.4 Å². The van der Waals surface area contributed by atoms with E-state index in [1.54, 1.807) is 13.8 Å². The Morgan fingerprint density at radius 2 is 2.20 bits per heavy atom. The van der Waals surface area contributed by atoms with Gasteiger partial charge in [0.1, 0.15) is 6.33 Å². The zero-order valence-electron chi connectivity index (χ0n) is 11.2. The van der Waals surface area contributed by atoms with Gasteiger partial charge in [0.25, 0.3) is 11.7 Å². The van der Waals surface area contributed by atoms with Crippen LogP contribution in [-0.2, 0) is 4.79 Å². The van der Waals surface area contributed by atoms with Crippen molar-refractivity contribution in [2.24, 2.45) is 5.92 Å². The smallest absolute Gasteiger partial charge is 0.303 e. The number of aliphatic carboxylic acids is 1. The SMILES string of the molecule is Cc1c(C(=O)NCC(C)CC(=O)O)cnc2ncnn12. The van der Waals surface area contributed by atoms with E-state index in [0.29, 0.717) is 23.6 Å². The van der Waals surface area contributed by atoms with Gasteiger partial charge in [-0.15, -0.1) is 0 Å². The van der Waals surface area contributed by atoms with Gasteiger partial charge in [-0.3, -0.25) is 9.59 Å². The van der Waals surface area contributed by atoms with Gasteiger partial charge in [0.15, 0.2) is 0 Å². The lowest BCUT2D eigenvalue weighted by Crippen LogP contribution is -2.30. The fourth-order valence-electron chi connectivity index (χ4n) is 1.85. The summed E-state index contributed by atoms with van der Waals surface area (Å²) in [5, 5.41) is 15.3. The minimum absolute atomic E-state index is 0.0135. The number of fused-ring (bicyclic) bond motifs is 1. The second kappa shape index (κ2) is 5.64. The van der Waals surface area contributed by atoms with Crippen molar-refractivity contribution >= 4 is 17.7 Å². The van der Waals surface area contributed by atoms with Crippen LogP contribution in [0.2, 0.25) is 0 Å². The summed E-state index contributed by atoms with van der Waals surface area (Å²) >= 11 is 0. The van der Waals surface area contributed by atoms with Gasteiger partial charge in [0.05, 0.1) is 11.3 Å². The average Bonchev–Trinajstić information content (AvgIpc) is 2.85. The molecule has 1 unspecified atom stereocenters. The molecule has 0 bridgehead atoms. The van der Waals surface area contributed by atoms with Crippen LogP contribution in [0.15, 0.2) is 12.5 Å². The Hall–Kier alpha value is -2.51. The summed E-state index contributed by atoms with van der Waals surface area (Å²) in [6.07, 6.45) is 2.82. The van der Waals surface area contributed by atoms with Gasteiger partial charge in [-0.05, 0) is 12.8 Å². The van der Waals surface area contributed by atoms with E-state index in [1.807, 2.05) is 0 Å². The standard InChI is InChI=1S/C12H15N5O3/c1-7(3-10(18)19)4-13-11(20)9-5-14-12-15-6-16-17(12)8(9)2/h5-7H,3-4H2,1-2H3,(H,13,20)(H,18,19). The van der Waals surface area contributed by atoms with E-state index < -0.39 is 5.97 Å². The summed E-state index contributed by atoms with van der Waals surface area (Å²) in [4.78, 5) is 30.6. The zero-order valence-corrected chi connectivity index (χ0v) is 11.2. The van der Waals surface area contributed by atoms with Crippen LogP contribution in [0.25, 0.3) is 5.78 Å². The highest BCUT2D eigenvalue weighted by atomic mass is 16.4. The van der Waals surface area contributed by atoms with E-state index in [0.717, 1.165) is 0 Å². The van der Waals surface area contributed by atoms with Gasteiger partial charge >= 0.3 is 5.97 Å². The van der Waals surface area contributed by atoms with E-state index >= 15 is 0 Å². The van der Waals surface area contributed by atoms with Gasteiger partial charge in [-0.25, -0.2) is 9.50 Å². The zero-order chi connectivity index (χ0) is 14.7. The first-order chi connectivity index (χ1) is 9.49. The number of hydrogen-bond acceptors (Lipinski definition) is 5. The molecule has 106 valence electrons. The molecule has 1 amide bonds. The molecule has 1 atom stereocenters. The van der Waals surface area contributed by atoms with Crippen LogP contribution in [0.4, 0.5) is 0 Å². The topological polar surface area (TPSA) is 109 Å². The van der Waals surface area contributed by atoms with E-state index in [4.69, 9.17) is 5.11 Å². The molecule has 8 heteroatoms. The van der Waals surface area contributed by atoms with Crippen LogP contribution >= 0.6 is 0 Å². The highest BCUT2D eigenvalue weighted by Crippen LogP contribution is 2.08. The fourth-order valence-corrected chi connectivity index (χ4v) is 1.85. The predicted molar refractivity (Wildman–Crippen MR) is 69.3 cm³/mol. The van der Waals surface area contributed by atoms with Crippen molar-refractivity contribution in [1.82, 2.24) is 24.9 Å². The van der Waals surface area contributed by atoms with Crippen LogP contribution in [0.3, 0.4) is 0 Å². The number of aryl methyl sites for hydroxylation is 1. The number of rotatable bonds is 5. The van der Waals surface area contributed by atoms with Crippen molar-refractivity contribution in [1.29, 1.82) is 0 Å². The first-order valence-corrected chi connectivity index (χ1v) is 6.14. The molecule has 0 aliphatic carbocycles. The molecule has 0 aliphatic rings. The maximum absolute atomic E-state index is 12.1.